The van der Waals surface area contributed by atoms with E-state index in [2.05, 4.69) is 44.9 Å². The summed E-state index contributed by atoms with van der Waals surface area (Å²) in [5.41, 5.74) is 0. The first-order valence-electron chi connectivity index (χ1n) is 37.4. The lowest BCUT2D eigenvalue weighted by Gasteiger charge is -2.48. The first kappa shape index (κ1) is 97.8. The van der Waals surface area contributed by atoms with Crippen molar-refractivity contribution in [1.29, 1.82) is 0 Å². The van der Waals surface area contributed by atoms with Crippen molar-refractivity contribution in [3.8, 4) is 0 Å². The number of nitrogens with one attached hydrogen (secondary N) is 4. The molecule has 17 N–H and O–H groups in total. The zero-order chi connectivity index (χ0) is 85.3. The Labute approximate surface area is 667 Å². The van der Waals surface area contributed by atoms with Crippen LogP contribution < -0.4 is 21.3 Å². The molecule has 0 aromatic carbocycles. The molecule has 8 aliphatic heterocycles. The molecule has 4 amide bonds. The predicted molar refractivity (Wildman–Crippen MR) is 374 cm³/mol. The molecule has 0 aromatic rings. The fraction of sp³-hybridized carbons (Fsp3) is 0.937. The minimum Gasteiger partial charge on any atom is -0.390 e. The molecule has 0 radical (unpaired) electrons. The van der Waals surface area contributed by atoms with Crippen molar-refractivity contribution in [2.75, 3.05) is 59.5 Å². The van der Waals surface area contributed by atoms with Gasteiger partial charge < -0.3 is 143 Å². The van der Waals surface area contributed by atoms with Crippen LogP contribution in [0.3, 0.4) is 0 Å². The predicted octanol–water partition coefficient (Wildman–Crippen LogP) is -7.34. The molecule has 0 aliphatic carbocycles. The highest BCUT2D eigenvalue weighted by atomic mass is 32.3. The molecule has 32 atom stereocenters. The SMILES string of the molecule is CCCCCCCCCCCO[C@@H]1OC(COS(=O)(=O)O)[C@@H](O[C@H]2C[C@H](O)[C@@H](O[C@@H]3OC(COS(=O)(=O)O)[C@@H](O[C@H]4C[C@H](O)[C@@H](O[C@@H]5OC(COS(=O)(=O)O)[C@@H](O[C@H]6C[C@H](O)[C@@H](O[C@@H]7OC(COS(=O)(=O)O)[C@@H](O[C@H]8C[C@H](O)[C@H](O)CO8)[C@H](O)C7NC(C)=O)CO6)[C@H](O)C5NC(C)=O)CO4)[C@H](O)C3NC(C)=O)CO2)[C@H](O)C1NC(C)=O. The van der Waals surface area contributed by atoms with Gasteiger partial charge in [0.15, 0.2) is 50.3 Å². The second-order valence-electron chi connectivity index (χ2n) is 28.8. The van der Waals surface area contributed by atoms with Crippen molar-refractivity contribution in [1.82, 2.24) is 21.3 Å². The summed E-state index contributed by atoms with van der Waals surface area (Å²) in [6.07, 6.45) is -40.9. The molecule has 0 aromatic heterocycles. The van der Waals surface area contributed by atoms with Crippen LogP contribution in [0, 0.1) is 0 Å². The molecule has 53 heteroatoms. The normalized spacial score (nSPS) is 39.0. The molecule has 8 aliphatic rings. The van der Waals surface area contributed by atoms with Crippen molar-refractivity contribution in [3.05, 3.63) is 0 Å². The molecular weight excluding hydrogens is 1660 g/mol. The van der Waals surface area contributed by atoms with Gasteiger partial charge in [-0.2, -0.15) is 33.7 Å². The van der Waals surface area contributed by atoms with E-state index in [1.165, 1.54) is 0 Å². The van der Waals surface area contributed by atoms with Gasteiger partial charge in [-0.25, -0.2) is 16.7 Å². The van der Waals surface area contributed by atoms with Gasteiger partial charge >= 0.3 is 41.6 Å². The van der Waals surface area contributed by atoms with Gasteiger partial charge in [-0.05, 0) is 6.42 Å². The van der Waals surface area contributed by atoms with Crippen LogP contribution in [0.5, 0.6) is 0 Å². The van der Waals surface area contributed by atoms with E-state index in [1.807, 2.05) is 0 Å². The molecule has 0 bridgehead atoms. The van der Waals surface area contributed by atoms with Crippen LogP contribution in [-0.4, -0.2) is 377 Å². The number of hydrogen-bond acceptors (Lipinski definition) is 41. The summed E-state index contributed by atoms with van der Waals surface area (Å²) in [5, 5.41) is 112. The van der Waals surface area contributed by atoms with Crippen LogP contribution >= 0.6 is 0 Å². The summed E-state index contributed by atoms with van der Waals surface area (Å²) in [5.74, 6) is -3.14. The number of carbonyl (C=O) groups is 4. The van der Waals surface area contributed by atoms with Crippen molar-refractivity contribution >= 4 is 65.2 Å². The van der Waals surface area contributed by atoms with E-state index in [1.54, 1.807) is 0 Å². The molecule has 8 fully saturated rings. The number of amides is 4. The maximum Gasteiger partial charge on any atom is 0.397 e. The maximum absolute atomic E-state index is 12.8. The van der Waals surface area contributed by atoms with Gasteiger partial charge in [-0.15, -0.1) is 0 Å². The van der Waals surface area contributed by atoms with Crippen LogP contribution in [0.15, 0.2) is 0 Å². The Balaban J connectivity index is 0.900. The topological polar surface area (TPSA) is 701 Å². The number of aliphatic hydroxyl groups excluding tert-OH is 9. The molecular formula is C63H108N4O45S4. The maximum atomic E-state index is 12.8. The van der Waals surface area contributed by atoms with E-state index in [-0.39, 0.29) is 13.0 Å². The number of rotatable bonds is 41. The van der Waals surface area contributed by atoms with E-state index in [9.17, 15) is 117 Å². The average Bonchev–Trinajstić information content (AvgIpc) is 0.790. The molecule has 8 saturated heterocycles. The Hall–Kier alpha value is -3.64. The van der Waals surface area contributed by atoms with E-state index >= 15 is 0 Å². The van der Waals surface area contributed by atoms with Gasteiger partial charge in [-0.1, -0.05) is 58.3 Å². The molecule has 0 saturated carbocycles. The molecule has 8 unspecified atom stereocenters. The van der Waals surface area contributed by atoms with Crippen LogP contribution in [0.25, 0.3) is 0 Å². The van der Waals surface area contributed by atoms with Crippen molar-refractivity contribution in [2.45, 2.75) is 315 Å². The minimum atomic E-state index is -5.34. The van der Waals surface area contributed by atoms with E-state index < -0.39 is 334 Å². The largest absolute Gasteiger partial charge is 0.397 e. The lowest BCUT2D eigenvalue weighted by atomic mass is 9.95. The van der Waals surface area contributed by atoms with Crippen molar-refractivity contribution in [2.24, 2.45) is 0 Å². The second kappa shape index (κ2) is 44.6. The van der Waals surface area contributed by atoms with Crippen LogP contribution in [0.4, 0.5) is 0 Å². The summed E-state index contributed by atoms with van der Waals surface area (Å²) in [6, 6.07) is -6.46. The lowest BCUT2D eigenvalue weighted by molar-refractivity contribution is -0.352. The Morgan fingerprint density at radius 3 is 0.845 bits per heavy atom. The molecule has 8 heterocycles. The lowest BCUT2D eigenvalue weighted by Crippen LogP contribution is -2.68. The summed E-state index contributed by atoms with van der Waals surface area (Å²) < 4.78 is 247. The number of aliphatic hydroxyl groups is 9. The van der Waals surface area contributed by atoms with Gasteiger partial charge in [0.2, 0.25) is 23.6 Å². The number of unbranched alkanes of at least 4 members (excludes halogenated alkanes) is 8. The molecule has 674 valence electrons. The van der Waals surface area contributed by atoms with Gasteiger partial charge in [0, 0.05) is 60.0 Å². The number of hydrogen-bond donors (Lipinski definition) is 17. The summed E-state index contributed by atoms with van der Waals surface area (Å²) in [7, 11) is -21.0. The standard InChI is InChI=1S/C63H108N4O45S4/c1-6-7-8-9-10-11-12-13-14-15-93-60-48(64-28(2)68)52(77)56(40(105-60)24-98-113(81,82)83)110-45-17-33(73)37(21-95-45)103-62-50(66-30(4)70)54(79)58(42(107-62)26-100-115(87,88)89)112-47-19-35(75)39(23-97-47)104-63-51(67-31(5)71)55(80)59(43(108-63)27-101-116(90,91)92)111-46-18-34(74)38(22-96-46)102-61-49(65-29(3)69)53(78)57(41(106-61)25-99-114(84,85)86)109-44-16-32(72)36(76)20-94-44/h32-63,72-80H,6-27H2,1-5H3,(H,64,68)(H,65,69)(H,66,70)(H,67,71)(H,81,82,83)(H,84,85,86)(H,87,88,89)(H,90,91,92)/t32-,33-,34-,35-,36+,37-,38-,39-,40?,41?,42?,43?,44-,45-,46-,47-,48?,49?,50?,51?,52+,53+,54+,55+,56+,57+,58+,59+,60+,61+,62+,63+/m0/s1. The molecule has 49 nitrogen and oxygen atoms in total. The fourth-order valence-corrected chi connectivity index (χ4v) is 15.3. The fourth-order valence-electron chi connectivity index (χ4n) is 14.1. The monoisotopic (exact) mass is 1770 g/mol. The van der Waals surface area contributed by atoms with Crippen molar-refractivity contribution < 1.29 is 210 Å². The zero-order valence-corrected chi connectivity index (χ0v) is 66.8. The van der Waals surface area contributed by atoms with Gasteiger partial charge in [0.25, 0.3) is 0 Å². The first-order valence-corrected chi connectivity index (χ1v) is 42.9. The summed E-state index contributed by atoms with van der Waals surface area (Å²) in [4.78, 5) is 50.6. The van der Waals surface area contributed by atoms with E-state index in [0.29, 0.717) is 6.42 Å². The van der Waals surface area contributed by atoms with Crippen LogP contribution in [-0.2, 0) is 153 Å². The third-order valence-corrected chi connectivity index (χ3v) is 21.4. The molecule has 0 spiro atoms. The summed E-state index contributed by atoms with van der Waals surface area (Å²) in [6.45, 7) is -0.510. The Morgan fingerprint density at radius 2 is 0.586 bits per heavy atom. The second-order valence-corrected chi connectivity index (χ2v) is 33.2. The quantitative estimate of drug-likeness (QED) is 0.0200. The van der Waals surface area contributed by atoms with Gasteiger partial charge in [0.1, 0.15) is 122 Å². The highest BCUT2D eigenvalue weighted by molar-refractivity contribution is 7.81. The van der Waals surface area contributed by atoms with Gasteiger partial charge in [-0.3, -0.25) is 37.4 Å². The Kier molecular flexibility index (Phi) is 37.6. The number of carbonyl (C=O) groups excluding carboxylic acids is 4. The Bertz CT molecular complexity index is 3570. The van der Waals surface area contributed by atoms with Gasteiger partial charge in [0.05, 0.1) is 77.3 Å². The zero-order valence-electron chi connectivity index (χ0n) is 63.5. The Morgan fingerprint density at radius 1 is 0.336 bits per heavy atom. The van der Waals surface area contributed by atoms with E-state index in [4.69, 9.17) is 75.8 Å². The molecule has 116 heavy (non-hydrogen) atoms. The van der Waals surface area contributed by atoms with E-state index in [0.717, 1.165) is 79.1 Å². The first-order chi connectivity index (χ1) is 54.4. The molecule has 8 rings (SSSR count). The highest BCUT2D eigenvalue weighted by Crippen LogP contribution is 2.38. The third kappa shape index (κ3) is 30.4. The average molecular weight is 1770 g/mol. The van der Waals surface area contributed by atoms with Crippen LogP contribution in [0.2, 0.25) is 0 Å². The minimum absolute atomic E-state index is 0.0893. The highest BCUT2D eigenvalue weighted by Gasteiger charge is 2.56. The van der Waals surface area contributed by atoms with Crippen LogP contribution in [0.1, 0.15) is 118 Å². The summed E-state index contributed by atoms with van der Waals surface area (Å²) >= 11 is 0. The number of ether oxygens (including phenoxy) is 16. The van der Waals surface area contributed by atoms with Crippen molar-refractivity contribution in [3.63, 3.8) is 0 Å². The smallest absolute Gasteiger partial charge is 0.390 e. The third-order valence-electron chi connectivity index (χ3n) is 19.6.